The van der Waals surface area contributed by atoms with Crippen LogP contribution in [0.3, 0.4) is 0 Å². The Morgan fingerprint density at radius 2 is 2.08 bits per heavy atom. The number of benzene rings is 1. The molecule has 0 atom stereocenters. The number of aromatic nitrogens is 2. The Labute approximate surface area is 151 Å². The molecule has 2 aromatic heterocycles. The fourth-order valence-corrected chi connectivity index (χ4v) is 3.34. The topological polar surface area (TPSA) is 65.2 Å². The van der Waals surface area contributed by atoms with Crippen molar-refractivity contribution >= 4 is 33.2 Å². The predicted molar refractivity (Wildman–Crippen MR) is 94.5 cm³/mol. The van der Waals surface area contributed by atoms with Crippen molar-refractivity contribution in [3.05, 3.63) is 57.0 Å². The molecule has 124 valence electrons. The van der Waals surface area contributed by atoms with Gasteiger partial charge < -0.3 is 9.15 Å². The lowest BCUT2D eigenvalue weighted by Crippen LogP contribution is -2.05. The van der Waals surface area contributed by atoms with Crippen LogP contribution in [0.2, 0.25) is 0 Å². The van der Waals surface area contributed by atoms with Gasteiger partial charge >= 0.3 is 5.97 Å². The second-order valence-corrected chi connectivity index (χ2v) is 6.96. The van der Waals surface area contributed by atoms with E-state index in [2.05, 4.69) is 32.2 Å². The van der Waals surface area contributed by atoms with Crippen molar-refractivity contribution in [1.82, 2.24) is 10.2 Å². The highest BCUT2D eigenvalue weighted by atomic mass is 79.9. The third kappa shape index (κ3) is 4.52. The number of esters is 1. The maximum Gasteiger partial charge on any atom is 0.306 e. The van der Waals surface area contributed by atoms with E-state index in [1.165, 1.54) is 4.88 Å². The average molecular weight is 407 g/mol. The summed E-state index contributed by atoms with van der Waals surface area (Å²) in [4.78, 5) is 13.0. The third-order valence-electron chi connectivity index (χ3n) is 3.31. The predicted octanol–water partition coefficient (Wildman–Crippen LogP) is 4.63. The van der Waals surface area contributed by atoms with Gasteiger partial charge in [-0.3, -0.25) is 4.79 Å². The van der Waals surface area contributed by atoms with E-state index < -0.39 is 0 Å². The number of rotatable bonds is 7. The van der Waals surface area contributed by atoms with Gasteiger partial charge in [0.05, 0.1) is 5.56 Å². The number of carbonyl (C=O) groups is 1. The van der Waals surface area contributed by atoms with Crippen LogP contribution >= 0.6 is 27.3 Å². The van der Waals surface area contributed by atoms with E-state index in [-0.39, 0.29) is 18.5 Å². The molecule has 0 aliphatic carbocycles. The number of hydrogen-bond donors (Lipinski definition) is 0. The van der Waals surface area contributed by atoms with Crippen molar-refractivity contribution in [2.45, 2.75) is 25.9 Å². The summed E-state index contributed by atoms with van der Waals surface area (Å²) in [6, 6.07) is 11.6. The number of ether oxygens (including phenoxy) is 1. The van der Waals surface area contributed by atoms with Crippen LogP contribution in [0.15, 0.2) is 50.7 Å². The highest BCUT2D eigenvalue weighted by Gasteiger charge is 2.13. The number of thiophene rings is 1. The van der Waals surface area contributed by atoms with E-state index in [1.54, 1.807) is 11.3 Å². The number of halogens is 1. The highest BCUT2D eigenvalue weighted by Crippen LogP contribution is 2.26. The smallest absolute Gasteiger partial charge is 0.306 e. The molecule has 24 heavy (non-hydrogen) atoms. The molecule has 0 aliphatic heterocycles. The molecule has 2 heterocycles. The molecule has 0 saturated heterocycles. The van der Waals surface area contributed by atoms with E-state index >= 15 is 0 Å². The first-order valence-electron chi connectivity index (χ1n) is 7.47. The SMILES string of the molecule is O=C(CCCc1cccs1)OCc1nnc(-c2ccccc2Br)o1. The van der Waals surface area contributed by atoms with Crippen LogP contribution < -0.4 is 0 Å². The Hall–Kier alpha value is -1.99. The standard InChI is InChI=1S/C17H15BrN2O3S/c18-14-8-2-1-7-13(14)17-20-19-15(23-17)11-22-16(21)9-3-5-12-6-4-10-24-12/h1-2,4,6-8,10H,3,5,9,11H2. The summed E-state index contributed by atoms with van der Waals surface area (Å²) in [6.45, 7) is -0.00467. The van der Waals surface area contributed by atoms with E-state index in [1.807, 2.05) is 35.7 Å². The minimum absolute atomic E-state index is 0.00467. The zero-order chi connectivity index (χ0) is 16.8. The Bertz CT molecular complexity index is 802. The fraction of sp³-hybridized carbons (Fsp3) is 0.235. The molecular weight excluding hydrogens is 392 g/mol. The van der Waals surface area contributed by atoms with Crippen molar-refractivity contribution < 1.29 is 13.9 Å². The van der Waals surface area contributed by atoms with Gasteiger partial charge in [0.1, 0.15) is 0 Å². The molecule has 0 fully saturated rings. The zero-order valence-electron chi connectivity index (χ0n) is 12.8. The zero-order valence-corrected chi connectivity index (χ0v) is 15.2. The van der Waals surface area contributed by atoms with Gasteiger partial charge in [-0.25, -0.2) is 0 Å². The van der Waals surface area contributed by atoms with Crippen LogP contribution in [-0.4, -0.2) is 16.2 Å². The van der Waals surface area contributed by atoms with Gasteiger partial charge in [-0.05, 0) is 52.4 Å². The Balaban J connectivity index is 1.47. The number of aryl methyl sites for hydroxylation is 1. The van der Waals surface area contributed by atoms with Gasteiger partial charge in [0, 0.05) is 15.8 Å². The monoisotopic (exact) mass is 406 g/mol. The summed E-state index contributed by atoms with van der Waals surface area (Å²) in [7, 11) is 0. The van der Waals surface area contributed by atoms with Crippen LogP contribution in [0.25, 0.3) is 11.5 Å². The molecule has 3 rings (SSSR count). The lowest BCUT2D eigenvalue weighted by molar-refractivity contribution is -0.145. The molecular formula is C17H15BrN2O3S. The molecule has 0 bridgehead atoms. The van der Waals surface area contributed by atoms with E-state index in [9.17, 15) is 4.79 Å². The molecule has 0 saturated carbocycles. The van der Waals surface area contributed by atoms with Crippen molar-refractivity contribution in [1.29, 1.82) is 0 Å². The Kier molecular flexibility index (Phi) is 5.77. The summed E-state index contributed by atoms with van der Waals surface area (Å²) < 4.78 is 11.6. The first-order chi connectivity index (χ1) is 11.7. The summed E-state index contributed by atoms with van der Waals surface area (Å²) in [5, 5.41) is 9.93. The van der Waals surface area contributed by atoms with Gasteiger partial charge in [-0.15, -0.1) is 21.5 Å². The third-order valence-corrected chi connectivity index (χ3v) is 4.94. The molecule has 1 aromatic carbocycles. The van der Waals surface area contributed by atoms with E-state index in [4.69, 9.17) is 9.15 Å². The summed E-state index contributed by atoms with van der Waals surface area (Å²) in [6.07, 6.45) is 2.04. The minimum atomic E-state index is -0.257. The maximum atomic E-state index is 11.8. The van der Waals surface area contributed by atoms with Crippen LogP contribution in [0.4, 0.5) is 0 Å². The molecule has 0 amide bonds. The Morgan fingerprint density at radius 1 is 1.21 bits per heavy atom. The molecule has 0 radical (unpaired) electrons. The fourth-order valence-electron chi connectivity index (χ4n) is 2.13. The summed E-state index contributed by atoms with van der Waals surface area (Å²) in [5.74, 6) is 0.422. The van der Waals surface area contributed by atoms with E-state index in [0.29, 0.717) is 12.3 Å². The minimum Gasteiger partial charge on any atom is -0.456 e. The van der Waals surface area contributed by atoms with Crippen LogP contribution in [0.5, 0.6) is 0 Å². The van der Waals surface area contributed by atoms with Crippen molar-refractivity contribution in [3.8, 4) is 11.5 Å². The van der Waals surface area contributed by atoms with E-state index in [0.717, 1.165) is 22.9 Å². The van der Waals surface area contributed by atoms with Crippen molar-refractivity contribution in [3.63, 3.8) is 0 Å². The van der Waals surface area contributed by atoms with Crippen LogP contribution in [0.1, 0.15) is 23.6 Å². The normalized spacial score (nSPS) is 10.7. The largest absolute Gasteiger partial charge is 0.456 e. The van der Waals surface area contributed by atoms with Gasteiger partial charge in [-0.1, -0.05) is 18.2 Å². The van der Waals surface area contributed by atoms with Gasteiger partial charge in [0.15, 0.2) is 6.61 Å². The van der Waals surface area contributed by atoms with Crippen LogP contribution in [-0.2, 0) is 22.6 Å². The second-order valence-electron chi connectivity index (χ2n) is 5.07. The van der Waals surface area contributed by atoms with Crippen molar-refractivity contribution in [2.75, 3.05) is 0 Å². The van der Waals surface area contributed by atoms with Crippen molar-refractivity contribution in [2.24, 2.45) is 0 Å². The second kappa shape index (κ2) is 8.21. The number of nitrogens with zero attached hydrogens (tertiary/aromatic N) is 2. The molecule has 0 spiro atoms. The lowest BCUT2D eigenvalue weighted by Gasteiger charge is -2.01. The summed E-state index contributed by atoms with van der Waals surface area (Å²) >= 11 is 5.13. The average Bonchev–Trinajstić information content (AvgIpc) is 3.25. The first kappa shape index (κ1) is 16.9. The molecule has 5 nitrogen and oxygen atoms in total. The number of hydrogen-bond acceptors (Lipinski definition) is 6. The first-order valence-corrected chi connectivity index (χ1v) is 9.15. The van der Waals surface area contributed by atoms with Gasteiger partial charge in [-0.2, -0.15) is 0 Å². The Morgan fingerprint density at radius 3 is 2.88 bits per heavy atom. The maximum absolute atomic E-state index is 11.8. The lowest BCUT2D eigenvalue weighted by atomic mass is 10.2. The van der Waals surface area contributed by atoms with Crippen LogP contribution in [0, 0.1) is 0 Å². The number of carbonyl (C=O) groups excluding carboxylic acids is 1. The molecule has 7 heteroatoms. The molecule has 0 N–H and O–H groups in total. The highest BCUT2D eigenvalue weighted by molar-refractivity contribution is 9.10. The molecule has 3 aromatic rings. The quantitative estimate of drug-likeness (QED) is 0.535. The van der Waals surface area contributed by atoms with Gasteiger partial charge in [0.25, 0.3) is 5.89 Å². The molecule has 0 unspecified atom stereocenters. The summed E-state index contributed by atoms with van der Waals surface area (Å²) in [5.41, 5.74) is 0.804. The molecule has 0 aliphatic rings. The van der Waals surface area contributed by atoms with Gasteiger partial charge in [0.2, 0.25) is 5.89 Å².